The summed E-state index contributed by atoms with van der Waals surface area (Å²) in [6, 6.07) is 3.91. The minimum absolute atomic E-state index is 0.0830. The van der Waals surface area contributed by atoms with Crippen molar-refractivity contribution in [3.05, 3.63) is 53.9 Å². The predicted molar refractivity (Wildman–Crippen MR) is 68.5 cm³/mol. The third kappa shape index (κ3) is 3.32. The van der Waals surface area contributed by atoms with Crippen LogP contribution in [0.3, 0.4) is 0 Å². The fourth-order valence-electron chi connectivity index (χ4n) is 1.69. The zero-order valence-electron chi connectivity index (χ0n) is 10.4. The third-order valence-corrected chi connectivity index (χ3v) is 2.81. The predicted octanol–water partition coefficient (Wildman–Crippen LogP) is 1.42. The third-order valence-electron chi connectivity index (χ3n) is 2.81. The zero-order chi connectivity index (χ0) is 13.7. The van der Waals surface area contributed by atoms with Crippen LogP contribution >= 0.6 is 0 Å². The van der Waals surface area contributed by atoms with E-state index in [-0.39, 0.29) is 11.6 Å². The fraction of sp³-hybridized carbons (Fsp3) is 0.231. The Balaban J connectivity index is 2.05. The first-order valence-corrected chi connectivity index (χ1v) is 5.84. The molecule has 0 bridgehead atoms. The molecule has 0 radical (unpaired) electrons. The van der Waals surface area contributed by atoms with Crippen molar-refractivity contribution >= 4 is 5.97 Å². The maximum Gasteiger partial charge on any atom is 0.339 e. The topological polar surface area (TPSA) is 88.0 Å². The van der Waals surface area contributed by atoms with Crippen molar-refractivity contribution in [3.8, 4) is 0 Å². The number of nitrogens with one attached hydrogen (secondary N) is 1. The molecule has 0 fully saturated rings. The van der Waals surface area contributed by atoms with E-state index in [1.807, 2.05) is 19.1 Å². The van der Waals surface area contributed by atoms with E-state index in [2.05, 4.69) is 20.3 Å². The summed E-state index contributed by atoms with van der Waals surface area (Å²) in [7, 11) is 0. The Kier molecular flexibility index (Phi) is 4.15. The molecule has 2 N–H and O–H groups in total. The molecule has 2 rings (SSSR count). The van der Waals surface area contributed by atoms with Crippen molar-refractivity contribution in [1.82, 2.24) is 20.3 Å². The van der Waals surface area contributed by atoms with Gasteiger partial charge in [0.25, 0.3) is 0 Å². The molecule has 1 atom stereocenters. The lowest BCUT2D eigenvalue weighted by molar-refractivity contribution is 0.0694. The summed E-state index contributed by atoms with van der Waals surface area (Å²) in [5, 5.41) is 12.3. The van der Waals surface area contributed by atoms with Crippen molar-refractivity contribution in [2.24, 2.45) is 0 Å². The molecule has 0 aliphatic carbocycles. The van der Waals surface area contributed by atoms with Gasteiger partial charge in [-0.15, -0.1) is 0 Å². The number of carboxylic acids is 1. The molecule has 2 aromatic rings. The molecule has 0 unspecified atom stereocenters. The average molecular weight is 258 g/mol. The molecule has 98 valence electrons. The lowest BCUT2D eigenvalue weighted by Crippen LogP contribution is -2.20. The van der Waals surface area contributed by atoms with Gasteiger partial charge in [-0.1, -0.05) is 0 Å². The van der Waals surface area contributed by atoms with E-state index in [1.165, 1.54) is 12.5 Å². The van der Waals surface area contributed by atoms with Gasteiger partial charge in [0, 0.05) is 31.2 Å². The highest BCUT2D eigenvalue weighted by molar-refractivity contribution is 5.88. The van der Waals surface area contributed by atoms with Crippen LogP contribution in [0.15, 0.2) is 37.1 Å². The second-order valence-corrected chi connectivity index (χ2v) is 4.07. The minimum Gasteiger partial charge on any atom is -0.478 e. The Labute approximate surface area is 110 Å². The van der Waals surface area contributed by atoms with Crippen LogP contribution in [0.2, 0.25) is 0 Å². The normalized spacial score (nSPS) is 12.1. The maximum absolute atomic E-state index is 11.0. The van der Waals surface area contributed by atoms with Crippen molar-refractivity contribution in [1.29, 1.82) is 0 Å². The highest BCUT2D eigenvalue weighted by Crippen LogP contribution is 2.12. The van der Waals surface area contributed by atoms with E-state index in [1.54, 1.807) is 12.4 Å². The van der Waals surface area contributed by atoms with Gasteiger partial charge in [-0.2, -0.15) is 0 Å². The fourth-order valence-corrected chi connectivity index (χ4v) is 1.69. The first-order chi connectivity index (χ1) is 9.18. The molecule has 6 nitrogen and oxygen atoms in total. The summed E-state index contributed by atoms with van der Waals surface area (Å²) in [6.07, 6.45) is 6.10. The first-order valence-electron chi connectivity index (χ1n) is 5.84. The highest BCUT2D eigenvalue weighted by atomic mass is 16.4. The van der Waals surface area contributed by atoms with Crippen molar-refractivity contribution in [2.75, 3.05) is 0 Å². The second kappa shape index (κ2) is 6.01. The molecule has 0 aromatic carbocycles. The van der Waals surface area contributed by atoms with Crippen molar-refractivity contribution in [2.45, 2.75) is 19.5 Å². The summed E-state index contributed by atoms with van der Waals surface area (Å²) in [4.78, 5) is 22.7. The van der Waals surface area contributed by atoms with E-state index in [0.29, 0.717) is 12.2 Å². The van der Waals surface area contributed by atoms with Gasteiger partial charge in [-0.3, -0.25) is 4.98 Å². The van der Waals surface area contributed by atoms with Crippen LogP contribution in [0.4, 0.5) is 0 Å². The van der Waals surface area contributed by atoms with Gasteiger partial charge >= 0.3 is 5.97 Å². The molecular formula is C13H14N4O2. The molecule has 6 heteroatoms. The van der Waals surface area contributed by atoms with Crippen LogP contribution in [0.5, 0.6) is 0 Å². The van der Waals surface area contributed by atoms with E-state index in [0.717, 1.165) is 5.56 Å². The SMILES string of the molecule is C[C@@H](NCc1ncncc1C(=O)O)c1ccncc1. The van der Waals surface area contributed by atoms with Gasteiger partial charge in [-0.05, 0) is 24.6 Å². The number of aromatic nitrogens is 3. The molecule has 0 saturated carbocycles. The smallest absolute Gasteiger partial charge is 0.339 e. The van der Waals surface area contributed by atoms with Gasteiger partial charge < -0.3 is 10.4 Å². The van der Waals surface area contributed by atoms with Crippen LogP contribution in [0.25, 0.3) is 0 Å². The number of nitrogens with zero attached hydrogens (tertiary/aromatic N) is 3. The number of carboxylic acid groups (broad SMARTS) is 1. The van der Waals surface area contributed by atoms with Crippen LogP contribution < -0.4 is 5.32 Å². The summed E-state index contributed by atoms with van der Waals surface area (Å²) >= 11 is 0. The summed E-state index contributed by atoms with van der Waals surface area (Å²) in [6.45, 7) is 2.37. The van der Waals surface area contributed by atoms with Gasteiger partial charge in [-0.25, -0.2) is 14.8 Å². The minimum atomic E-state index is -1.02. The highest BCUT2D eigenvalue weighted by Gasteiger charge is 2.12. The standard InChI is InChI=1S/C13H14N4O2/c1-9(10-2-4-14-5-3-10)16-7-12-11(13(18)19)6-15-8-17-12/h2-6,8-9,16H,7H2,1H3,(H,18,19)/t9-/m1/s1. The van der Waals surface area contributed by atoms with Crippen LogP contribution in [-0.4, -0.2) is 26.0 Å². The summed E-state index contributed by atoms with van der Waals surface area (Å²) < 4.78 is 0. The molecule has 19 heavy (non-hydrogen) atoms. The Hall–Kier alpha value is -2.34. The van der Waals surface area contributed by atoms with Crippen molar-refractivity contribution < 1.29 is 9.90 Å². The largest absolute Gasteiger partial charge is 0.478 e. The van der Waals surface area contributed by atoms with E-state index >= 15 is 0 Å². The molecule has 0 amide bonds. The molecule has 2 aromatic heterocycles. The van der Waals surface area contributed by atoms with Crippen molar-refractivity contribution in [3.63, 3.8) is 0 Å². The molecular weight excluding hydrogens is 244 g/mol. The molecule has 0 spiro atoms. The van der Waals surface area contributed by atoms with Crippen LogP contribution in [-0.2, 0) is 6.54 Å². The molecule has 0 saturated heterocycles. The van der Waals surface area contributed by atoms with Gasteiger partial charge in [0.1, 0.15) is 11.9 Å². The molecule has 2 heterocycles. The summed E-state index contributed by atoms with van der Waals surface area (Å²) in [5.74, 6) is -1.02. The van der Waals surface area contributed by atoms with Crippen LogP contribution in [0, 0.1) is 0 Å². The molecule has 0 aliphatic rings. The number of hydrogen-bond donors (Lipinski definition) is 2. The van der Waals surface area contributed by atoms with E-state index in [9.17, 15) is 4.79 Å². The number of carbonyl (C=O) groups is 1. The second-order valence-electron chi connectivity index (χ2n) is 4.07. The maximum atomic E-state index is 11.0. The van der Waals surface area contributed by atoms with Gasteiger partial charge in [0.15, 0.2) is 0 Å². The Morgan fingerprint density at radius 3 is 2.79 bits per heavy atom. The Morgan fingerprint density at radius 1 is 1.37 bits per heavy atom. The van der Waals surface area contributed by atoms with Crippen LogP contribution in [0.1, 0.15) is 34.6 Å². The Morgan fingerprint density at radius 2 is 2.11 bits per heavy atom. The van der Waals surface area contributed by atoms with E-state index in [4.69, 9.17) is 5.11 Å². The van der Waals surface area contributed by atoms with E-state index < -0.39 is 5.97 Å². The number of pyridine rings is 1. The quantitative estimate of drug-likeness (QED) is 0.843. The zero-order valence-corrected chi connectivity index (χ0v) is 10.4. The number of rotatable bonds is 5. The molecule has 0 aliphatic heterocycles. The lowest BCUT2D eigenvalue weighted by Gasteiger charge is -2.14. The average Bonchev–Trinajstić information content (AvgIpc) is 2.46. The Bertz CT molecular complexity index is 560. The monoisotopic (exact) mass is 258 g/mol. The number of hydrogen-bond acceptors (Lipinski definition) is 5. The van der Waals surface area contributed by atoms with Gasteiger partial charge in [0.05, 0.1) is 5.69 Å². The first kappa shape index (κ1) is 13.1. The summed E-state index contributed by atoms with van der Waals surface area (Å²) in [5.41, 5.74) is 1.68. The lowest BCUT2D eigenvalue weighted by atomic mass is 10.1. The van der Waals surface area contributed by atoms with Gasteiger partial charge in [0.2, 0.25) is 0 Å². The number of aromatic carboxylic acids is 1.